The largest absolute Gasteiger partial charge is 0.495 e. The van der Waals surface area contributed by atoms with Gasteiger partial charge in [-0.1, -0.05) is 50.8 Å². The number of esters is 1. The smallest absolute Gasteiger partial charge is 0.435 e. The van der Waals surface area contributed by atoms with Crippen molar-refractivity contribution in [2.75, 3.05) is 37.1 Å². The van der Waals surface area contributed by atoms with E-state index in [2.05, 4.69) is 17.2 Å². The number of hydrogen-bond acceptors (Lipinski definition) is 8. The van der Waals surface area contributed by atoms with E-state index in [-0.39, 0.29) is 37.3 Å². The molecule has 4 rings (SSSR count). The second kappa shape index (κ2) is 18.2. The second-order valence-corrected chi connectivity index (χ2v) is 11.4. The monoisotopic (exact) mass is 670 g/mol. The molecule has 0 aliphatic carbocycles. The summed E-state index contributed by atoms with van der Waals surface area (Å²) < 4.78 is 17.8. The zero-order valence-electron chi connectivity index (χ0n) is 28.7. The maximum absolute atomic E-state index is 13.7. The van der Waals surface area contributed by atoms with Crippen LogP contribution in [0.2, 0.25) is 0 Å². The molecule has 1 heterocycles. The van der Waals surface area contributed by atoms with Crippen LogP contribution in [0.5, 0.6) is 5.75 Å². The van der Waals surface area contributed by atoms with Crippen LogP contribution in [-0.4, -0.2) is 60.2 Å². The SMILES string of the molecule is CCCCCCCOC(=O)/N=C(\N)c1ccc(NCc2nc3cc(C(=O)N(CCC(=O)OCC)c4ccccc4)ccc3n2C)c(OC)c1. The first-order valence-corrected chi connectivity index (χ1v) is 16.7. The number of hydrogen-bond donors (Lipinski definition) is 2. The van der Waals surface area contributed by atoms with Crippen molar-refractivity contribution in [1.29, 1.82) is 0 Å². The molecule has 0 aliphatic rings. The quantitative estimate of drug-likeness (QED) is 0.0548. The maximum atomic E-state index is 13.7. The van der Waals surface area contributed by atoms with Crippen molar-refractivity contribution in [3.63, 3.8) is 0 Å². The van der Waals surface area contributed by atoms with Gasteiger partial charge < -0.3 is 34.7 Å². The van der Waals surface area contributed by atoms with E-state index < -0.39 is 6.09 Å². The lowest BCUT2D eigenvalue weighted by Crippen LogP contribution is -2.33. The van der Waals surface area contributed by atoms with E-state index in [1.165, 1.54) is 6.42 Å². The summed E-state index contributed by atoms with van der Waals surface area (Å²) in [5.41, 5.74) is 9.96. The maximum Gasteiger partial charge on any atom is 0.435 e. The van der Waals surface area contributed by atoms with E-state index >= 15 is 0 Å². The Morgan fingerprint density at radius 3 is 2.43 bits per heavy atom. The van der Waals surface area contributed by atoms with Crippen LogP contribution in [0.15, 0.2) is 71.7 Å². The molecule has 0 saturated carbocycles. The lowest BCUT2D eigenvalue weighted by Gasteiger charge is -2.22. The number of carbonyl (C=O) groups is 3. The number of para-hydroxylation sites is 1. The van der Waals surface area contributed by atoms with Gasteiger partial charge in [0.1, 0.15) is 17.4 Å². The second-order valence-electron chi connectivity index (χ2n) is 11.4. The number of unbranched alkanes of at least 4 members (excludes halogenated alkanes) is 4. The average Bonchev–Trinajstić information content (AvgIpc) is 3.43. The highest BCUT2D eigenvalue weighted by Gasteiger charge is 2.21. The summed E-state index contributed by atoms with van der Waals surface area (Å²) in [6.07, 6.45) is 4.60. The van der Waals surface area contributed by atoms with E-state index in [1.54, 1.807) is 49.3 Å². The van der Waals surface area contributed by atoms with E-state index in [4.69, 9.17) is 24.9 Å². The van der Waals surface area contributed by atoms with Crippen molar-refractivity contribution in [3.8, 4) is 5.75 Å². The van der Waals surface area contributed by atoms with Crippen LogP contribution in [0.3, 0.4) is 0 Å². The Labute approximate surface area is 287 Å². The van der Waals surface area contributed by atoms with Crippen LogP contribution in [0, 0.1) is 0 Å². The summed E-state index contributed by atoms with van der Waals surface area (Å²) in [6.45, 7) is 5.03. The van der Waals surface area contributed by atoms with Crippen LogP contribution in [0.4, 0.5) is 16.2 Å². The number of anilines is 2. The predicted molar refractivity (Wildman–Crippen MR) is 191 cm³/mol. The highest BCUT2D eigenvalue weighted by molar-refractivity contribution is 6.08. The Bertz CT molecular complexity index is 1750. The summed E-state index contributed by atoms with van der Waals surface area (Å²) in [7, 11) is 3.45. The fourth-order valence-electron chi connectivity index (χ4n) is 5.32. The number of nitrogens with zero attached hydrogens (tertiary/aromatic N) is 4. The van der Waals surface area contributed by atoms with Gasteiger partial charge in [-0.25, -0.2) is 9.78 Å². The molecular weight excluding hydrogens is 624 g/mol. The van der Waals surface area contributed by atoms with Crippen molar-refractivity contribution in [2.45, 2.75) is 58.9 Å². The van der Waals surface area contributed by atoms with Crippen molar-refractivity contribution in [1.82, 2.24) is 9.55 Å². The van der Waals surface area contributed by atoms with E-state index in [1.807, 2.05) is 48.0 Å². The normalized spacial score (nSPS) is 11.3. The fraction of sp³-hybridized carbons (Fsp3) is 0.378. The molecule has 0 fully saturated rings. The van der Waals surface area contributed by atoms with E-state index in [0.29, 0.717) is 46.9 Å². The van der Waals surface area contributed by atoms with Crippen molar-refractivity contribution >= 4 is 46.2 Å². The molecule has 0 atom stereocenters. The van der Waals surface area contributed by atoms with Crippen molar-refractivity contribution in [3.05, 3.63) is 83.7 Å². The third-order valence-electron chi connectivity index (χ3n) is 8.00. The van der Waals surface area contributed by atoms with Gasteiger partial charge in [-0.2, -0.15) is 4.99 Å². The summed E-state index contributed by atoms with van der Waals surface area (Å²) in [5, 5.41) is 3.35. The number of aliphatic imine (C=N–C) groups is 1. The number of ether oxygens (including phenoxy) is 3. The van der Waals surface area contributed by atoms with E-state index in [0.717, 1.165) is 37.0 Å². The minimum Gasteiger partial charge on any atom is -0.495 e. The minimum absolute atomic E-state index is 0.0354. The molecule has 49 heavy (non-hydrogen) atoms. The van der Waals surface area contributed by atoms with Gasteiger partial charge in [0.25, 0.3) is 5.91 Å². The molecule has 0 unspecified atom stereocenters. The third kappa shape index (κ3) is 10.1. The number of nitrogens with one attached hydrogen (secondary N) is 1. The number of fused-ring (bicyclic) bond motifs is 1. The predicted octanol–water partition coefficient (Wildman–Crippen LogP) is 6.61. The van der Waals surface area contributed by atoms with Gasteiger partial charge in [0, 0.05) is 30.4 Å². The molecule has 0 aliphatic heterocycles. The number of amidine groups is 1. The Balaban J connectivity index is 1.44. The van der Waals surface area contributed by atoms with Crippen LogP contribution in [-0.2, 0) is 27.9 Å². The molecule has 260 valence electrons. The number of imidazole rings is 1. The molecule has 0 spiro atoms. The topological polar surface area (TPSA) is 150 Å². The van der Waals surface area contributed by atoms with Gasteiger partial charge in [0.05, 0.1) is 50.0 Å². The lowest BCUT2D eigenvalue weighted by atomic mass is 10.1. The van der Waals surface area contributed by atoms with Crippen LogP contribution >= 0.6 is 0 Å². The molecule has 0 saturated heterocycles. The minimum atomic E-state index is -0.717. The Kier molecular flexibility index (Phi) is 13.6. The number of nitrogens with two attached hydrogens (primary N) is 1. The standard InChI is InChI=1S/C37H46N6O6/c1-5-7-8-9-13-22-49-37(46)41-35(38)26-16-18-29(32(24-26)47-4)39-25-33-40-30-23-27(17-19-31(30)42(33)3)36(45)43(21-20-34(44)48-6-2)28-14-11-10-12-15-28/h10-12,14-19,23-24,39H,5-9,13,20-22,25H2,1-4H3,(H2,38,41,46). The summed E-state index contributed by atoms with van der Waals surface area (Å²) in [6, 6.07) is 19.9. The molecule has 12 heteroatoms. The molecule has 0 radical (unpaired) electrons. The van der Waals surface area contributed by atoms with Crippen molar-refractivity contribution in [2.24, 2.45) is 17.8 Å². The molecule has 12 nitrogen and oxygen atoms in total. The summed E-state index contributed by atoms with van der Waals surface area (Å²) in [5.74, 6) is 0.668. The van der Waals surface area contributed by atoms with Crippen LogP contribution < -0.4 is 20.7 Å². The molecule has 4 aromatic rings. The van der Waals surface area contributed by atoms with Crippen molar-refractivity contribution < 1.29 is 28.6 Å². The zero-order valence-corrected chi connectivity index (χ0v) is 28.7. The Morgan fingerprint density at radius 2 is 1.69 bits per heavy atom. The molecular formula is C37H46N6O6. The van der Waals surface area contributed by atoms with Crippen LogP contribution in [0.25, 0.3) is 11.0 Å². The summed E-state index contributed by atoms with van der Waals surface area (Å²) in [4.78, 5) is 48.2. The Morgan fingerprint density at radius 1 is 0.939 bits per heavy atom. The van der Waals surface area contributed by atoms with Gasteiger partial charge in [-0.3, -0.25) is 9.59 Å². The molecule has 3 aromatic carbocycles. The number of rotatable bonds is 17. The highest BCUT2D eigenvalue weighted by atomic mass is 16.5. The average molecular weight is 671 g/mol. The van der Waals surface area contributed by atoms with Gasteiger partial charge in [0.15, 0.2) is 0 Å². The number of amides is 2. The van der Waals surface area contributed by atoms with Gasteiger partial charge in [0.2, 0.25) is 0 Å². The Hall–Kier alpha value is -5.39. The number of aromatic nitrogens is 2. The highest BCUT2D eigenvalue weighted by Crippen LogP contribution is 2.27. The molecule has 0 bridgehead atoms. The van der Waals surface area contributed by atoms with E-state index in [9.17, 15) is 14.4 Å². The van der Waals surface area contributed by atoms with Gasteiger partial charge in [-0.15, -0.1) is 0 Å². The van der Waals surface area contributed by atoms with Gasteiger partial charge in [-0.05, 0) is 61.9 Å². The molecule has 3 N–H and O–H groups in total. The number of methoxy groups -OCH3 is 1. The number of aryl methyl sites for hydroxylation is 1. The first-order chi connectivity index (χ1) is 23.7. The number of carbonyl (C=O) groups excluding carboxylic acids is 3. The molecule has 1 aromatic heterocycles. The zero-order chi connectivity index (χ0) is 35.2. The first kappa shape index (κ1) is 36.4. The lowest BCUT2D eigenvalue weighted by molar-refractivity contribution is -0.142. The fourth-order valence-corrected chi connectivity index (χ4v) is 5.32. The first-order valence-electron chi connectivity index (χ1n) is 16.7. The summed E-state index contributed by atoms with van der Waals surface area (Å²) >= 11 is 0. The third-order valence-corrected chi connectivity index (χ3v) is 8.00. The number of benzene rings is 3. The van der Waals surface area contributed by atoms with Crippen LogP contribution in [0.1, 0.15) is 74.1 Å². The molecule has 2 amide bonds. The van der Waals surface area contributed by atoms with Gasteiger partial charge >= 0.3 is 12.1 Å².